The minimum absolute atomic E-state index is 0.388. The molecular formula is C15H26N2O. The molecule has 0 spiro atoms. The Balaban J connectivity index is 1.90. The van der Waals surface area contributed by atoms with Crippen LogP contribution in [-0.4, -0.2) is 30.4 Å². The van der Waals surface area contributed by atoms with Crippen molar-refractivity contribution in [3.63, 3.8) is 0 Å². The van der Waals surface area contributed by atoms with Gasteiger partial charge in [0, 0.05) is 6.08 Å². The van der Waals surface area contributed by atoms with E-state index in [-0.39, 0.29) is 5.91 Å². The molecule has 1 aliphatic rings. The minimum atomic E-state index is -0.388. The van der Waals surface area contributed by atoms with E-state index in [1.165, 1.54) is 64.2 Å². The van der Waals surface area contributed by atoms with Crippen molar-refractivity contribution < 1.29 is 4.79 Å². The second kappa shape index (κ2) is 9.89. The zero-order valence-electron chi connectivity index (χ0n) is 11.3. The lowest BCUT2D eigenvalue weighted by molar-refractivity contribution is -0.113. The average molecular weight is 250 g/mol. The van der Waals surface area contributed by atoms with E-state index in [0.29, 0.717) is 0 Å². The summed E-state index contributed by atoms with van der Waals surface area (Å²) in [4.78, 5) is 13.0. The second-order valence-electron chi connectivity index (χ2n) is 4.94. The predicted octanol–water partition coefficient (Wildman–Crippen LogP) is 2.63. The number of unbranched alkanes of at least 4 members (excludes halogenated alkanes) is 3. The Morgan fingerprint density at radius 2 is 1.83 bits per heavy atom. The van der Waals surface area contributed by atoms with Gasteiger partial charge in [-0.2, -0.15) is 0 Å². The van der Waals surface area contributed by atoms with Crippen molar-refractivity contribution in [1.82, 2.24) is 4.90 Å². The Morgan fingerprint density at radius 1 is 1.06 bits per heavy atom. The summed E-state index contributed by atoms with van der Waals surface area (Å²) in [5.41, 5.74) is 4.98. The van der Waals surface area contributed by atoms with Gasteiger partial charge < -0.3 is 10.6 Å². The van der Waals surface area contributed by atoms with Gasteiger partial charge >= 0.3 is 0 Å². The molecule has 0 aromatic heterocycles. The van der Waals surface area contributed by atoms with Gasteiger partial charge in [0.25, 0.3) is 0 Å². The van der Waals surface area contributed by atoms with E-state index in [1.807, 2.05) is 6.08 Å². The normalized spacial score (nSPS) is 17.8. The Kier molecular flexibility index (Phi) is 8.23. The van der Waals surface area contributed by atoms with Gasteiger partial charge in [-0.3, -0.25) is 4.79 Å². The maximum Gasteiger partial charge on any atom is 0.241 e. The zero-order chi connectivity index (χ0) is 13.1. The molecule has 0 aliphatic carbocycles. The fourth-order valence-electron chi connectivity index (χ4n) is 2.28. The Hall–Kier alpha value is -1.09. The summed E-state index contributed by atoms with van der Waals surface area (Å²) in [5.74, 6) is -0.388. The first-order chi connectivity index (χ1) is 8.79. The zero-order valence-corrected chi connectivity index (χ0v) is 11.3. The van der Waals surface area contributed by atoms with Gasteiger partial charge in [0.2, 0.25) is 5.91 Å². The summed E-state index contributed by atoms with van der Waals surface area (Å²) in [6.07, 6.45) is 16.2. The number of allylic oxidation sites excluding steroid dienone is 3. The van der Waals surface area contributed by atoms with Gasteiger partial charge in [-0.15, -0.1) is 0 Å². The fourth-order valence-corrected chi connectivity index (χ4v) is 2.28. The van der Waals surface area contributed by atoms with Crippen molar-refractivity contribution in [2.45, 2.75) is 44.9 Å². The summed E-state index contributed by atoms with van der Waals surface area (Å²) in [7, 11) is 0. The molecule has 3 heteroatoms. The van der Waals surface area contributed by atoms with Crippen LogP contribution in [0.15, 0.2) is 24.3 Å². The van der Waals surface area contributed by atoms with E-state index < -0.39 is 0 Å². The summed E-state index contributed by atoms with van der Waals surface area (Å²) in [6.45, 7) is 3.88. The fraction of sp³-hybridized carbons (Fsp3) is 0.667. The van der Waals surface area contributed by atoms with Gasteiger partial charge in [-0.1, -0.05) is 31.1 Å². The van der Waals surface area contributed by atoms with Crippen molar-refractivity contribution in [2.24, 2.45) is 5.73 Å². The summed E-state index contributed by atoms with van der Waals surface area (Å²) < 4.78 is 0. The van der Waals surface area contributed by atoms with Crippen LogP contribution in [0, 0.1) is 0 Å². The topological polar surface area (TPSA) is 46.3 Å². The molecule has 0 unspecified atom stereocenters. The van der Waals surface area contributed by atoms with Crippen molar-refractivity contribution in [2.75, 3.05) is 19.6 Å². The molecule has 0 aromatic carbocycles. The number of carbonyl (C=O) groups is 1. The van der Waals surface area contributed by atoms with E-state index in [2.05, 4.69) is 11.0 Å². The highest BCUT2D eigenvalue weighted by atomic mass is 16.1. The van der Waals surface area contributed by atoms with Crippen LogP contribution in [0.2, 0.25) is 0 Å². The van der Waals surface area contributed by atoms with E-state index in [9.17, 15) is 4.79 Å². The lowest BCUT2D eigenvalue weighted by Gasteiger charge is -2.26. The first-order valence-corrected chi connectivity index (χ1v) is 7.14. The molecule has 3 nitrogen and oxygen atoms in total. The monoisotopic (exact) mass is 250 g/mol. The van der Waals surface area contributed by atoms with Crippen LogP contribution < -0.4 is 5.73 Å². The van der Waals surface area contributed by atoms with Crippen LogP contribution in [0.1, 0.15) is 44.9 Å². The van der Waals surface area contributed by atoms with Gasteiger partial charge in [0.1, 0.15) is 0 Å². The second-order valence-corrected chi connectivity index (χ2v) is 4.94. The number of piperidine rings is 1. The van der Waals surface area contributed by atoms with Gasteiger partial charge in [0.05, 0.1) is 0 Å². The molecule has 0 atom stereocenters. The lowest BCUT2D eigenvalue weighted by atomic mass is 10.1. The maximum atomic E-state index is 10.4. The number of carbonyl (C=O) groups excluding carboxylic acids is 1. The molecule has 1 rings (SSSR count). The Bertz CT molecular complexity index is 278. The molecule has 0 saturated carbocycles. The first kappa shape index (κ1) is 15.0. The van der Waals surface area contributed by atoms with Crippen molar-refractivity contribution in [3.8, 4) is 0 Å². The predicted molar refractivity (Wildman–Crippen MR) is 76.2 cm³/mol. The van der Waals surface area contributed by atoms with Crippen molar-refractivity contribution in [1.29, 1.82) is 0 Å². The number of rotatable bonds is 8. The molecule has 2 N–H and O–H groups in total. The SMILES string of the molecule is NC(=O)C=CC=CCCCCCN1CCCCC1. The van der Waals surface area contributed by atoms with E-state index in [1.54, 1.807) is 6.08 Å². The molecule has 1 heterocycles. The summed E-state index contributed by atoms with van der Waals surface area (Å²) in [5, 5.41) is 0. The smallest absolute Gasteiger partial charge is 0.241 e. The van der Waals surface area contributed by atoms with Crippen LogP contribution in [0.4, 0.5) is 0 Å². The summed E-state index contributed by atoms with van der Waals surface area (Å²) in [6, 6.07) is 0. The molecule has 1 fully saturated rings. The van der Waals surface area contributed by atoms with Crippen molar-refractivity contribution >= 4 is 5.91 Å². The molecular weight excluding hydrogens is 224 g/mol. The first-order valence-electron chi connectivity index (χ1n) is 7.14. The maximum absolute atomic E-state index is 10.4. The number of hydrogen-bond donors (Lipinski definition) is 1. The molecule has 18 heavy (non-hydrogen) atoms. The molecule has 0 radical (unpaired) electrons. The van der Waals surface area contributed by atoms with Crippen molar-refractivity contribution in [3.05, 3.63) is 24.3 Å². The quantitative estimate of drug-likeness (QED) is 0.409. The van der Waals surface area contributed by atoms with Gasteiger partial charge in [-0.25, -0.2) is 0 Å². The van der Waals surface area contributed by atoms with Crippen LogP contribution in [0.3, 0.4) is 0 Å². The number of nitrogens with zero attached hydrogens (tertiary/aromatic N) is 1. The van der Waals surface area contributed by atoms with E-state index >= 15 is 0 Å². The third kappa shape index (κ3) is 8.07. The minimum Gasteiger partial charge on any atom is -0.366 e. The molecule has 0 bridgehead atoms. The van der Waals surface area contributed by atoms with E-state index in [0.717, 1.165) is 6.42 Å². The Labute approximate surface area is 111 Å². The molecule has 1 aliphatic heterocycles. The highest BCUT2D eigenvalue weighted by Crippen LogP contribution is 2.10. The van der Waals surface area contributed by atoms with Crippen LogP contribution in [0.5, 0.6) is 0 Å². The van der Waals surface area contributed by atoms with Gasteiger partial charge in [-0.05, 0) is 51.7 Å². The average Bonchev–Trinajstić information content (AvgIpc) is 2.37. The summed E-state index contributed by atoms with van der Waals surface area (Å²) >= 11 is 0. The van der Waals surface area contributed by atoms with Crippen LogP contribution in [-0.2, 0) is 4.79 Å². The number of hydrogen-bond acceptors (Lipinski definition) is 2. The number of primary amides is 1. The van der Waals surface area contributed by atoms with Gasteiger partial charge in [0.15, 0.2) is 0 Å². The largest absolute Gasteiger partial charge is 0.366 e. The van der Waals surface area contributed by atoms with Crippen LogP contribution in [0.25, 0.3) is 0 Å². The highest BCUT2D eigenvalue weighted by Gasteiger charge is 2.08. The number of amides is 1. The molecule has 1 amide bonds. The van der Waals surface area contributed by atoms with Crippen LogP contribution >= 0.6 is 0 Å². The number of nitrogens with two attached hydrogens (primary N) is 1. The third-order valence-electron chi connectivity index (χ3n) is 3.30. The van der Waals surface area contributed by atoms with E-state index in [4.69, 9.17) is 5.73 Å². The molecule has 1 saturated heterocycles. The Morgan fingerprint density at radius 3 is 2.56 bits per heavy atom. The standard InChI is InChI=1S/C15H26N2O/c16-15(18)11-7-4-2-1-3-5-8-12-17-13-9-6-10-14-17/h2,4,7,11H,1,3,5-6,8-10,12-14H2,(H2,16,18). The number of likely N-dealkylation sites (tertiary alicyclic amines) is 1. The highest BCUT2D eigenvalue weighted by molar-refractivity contribution is 5.85. The third-order valence-corrected chi connectivity index (χ3v) is 3.30. The molecule has 0 aromatic rings. The lowest BCUT2D eigenvalue weighted by Crippen LogP contribution is -2.30. The molecule has 102 valence electrons.